The zero-order valence-corrected chi connectivity index (χ0v) is 22.1. The lowest BCUT2D eigenvalue weighted by Gasteiger charge is -2.31. The number of hydrogen-bond donors (Lipinski definition) is 2. The van der Waals surface area contributed by atoms with Crippen molar-refractivity contribution in [3.63, 3.8) is 0 Å². The molecule has 0 aliphatic carbocycles. The topological polar surface area (TPSA) is 122 Å². The van der Waals surface area contributed by atoms with Crippen molar-refractivity contribution in [2.45, 2.75) is 19.8 Å². The number of dihydropyridines is 1. The van der Waals surface area contributed by atoms with Crippen LogP contribution in [0, 0.1) is 11.5 Å². The summed E-state index contributed by atoms with van der Waals surface area (Å²) in [6, 6.07) is 5.00. The largest absolute Gasteiger partial charge is 0.466 e. The van der Waals surface area contributed by atoms with Crippen molar-refractivity contribution in [2.75, 3.05) is 39.7 Å². The van der Waals surface area contributed by atoms with Gasteiger partial charge in [0.2, 0.25) is 0 Å². The molecule has 1 aliphatic rings. The number of ether oxygens (including phenoxy) is 3. The molecule has 35 heavy (non-hydrogen) atoms. The molecule has 0 bridgehead atoms. The van der Waals surface area contributed by atoms with Crippen LogP contribution in [0.4, 0.5) is 0 Å². The van der Waals surface area contributed by atoms with Crippen LogP contribution in [0.1, 0.15) is 25.3 Å². The summed E-state index contributed by atoms with van der Waals surface area (Å²) < 4.78 is 16.1. The quantitative estimate of drug-likeness (QED) is 0.120. The van der Waals surface area contributed by atoms with Crippen LogP contribution in [-0.4, -0.2) is 56.8 Å². The molecule has 1 aromatic rings. The molecule has 0 radical (unpaired) electrons. The molecule has 1 unspecified atom stereocenters. The maximum absolute atomic E-state index is 13.2. The summed E-state index contributed by atoms with van der Waals surface area (Å²) in [5, 5.41) is 15.3. The van der Waals surface area contributed by atoms with Gasteiger partial charge in [-0.05, 0) is 31.7 Å². The summed E-state index contributed by atoms with van der Waals surface area (Å²) in [6.07, 6.45) is 3.61. The fourth-order valence-electron chi connectivity index (χ4n) is 3.48. The third-order valence-electron chi connectivity index (χ3n) is 4.93. The predicted octanol–water partition coefficient (Wildman–Crippen LogP) is 3.75. The Hall–Kier alpha value is -2.71. The van der Waals surface area contributed by atoms with Crippen LogP contribution in [0.25, 0.3) is 0 Å². The third-order valence-corrected chi connectivity index (χ3v) is 6.38. The number of nitriles is 1. The number of esters is 2. The van der Waals surface area contributed by atoms with E-state index >= 15 is 0 Å². The number of nitrogens with zero attached hydrogens (tertiary/aromatic N) is 2. The number of amidine groups is 1. The molecule has 0 saturated carbocycles. The monoisotopic (exact) mass is 540 g/mol. The van der Waals surface area contributed by atoms with Gasteiger partial charge in [-0.25, -0.2) is 9.59 Å². The van der Waals surface area contributed by atoms with Gasteiger partial charge >= 0.3 is 11.9 Å². The lowest BCUT2D eigenvalue weighted by atomic mass is 9.80. The van der Waals surface area contributed by atoms with Gasteiger partial charge in [0, 0.05) is 5.70 Å². The molecule has 1 aromatic carbocycles. The Kier molecular flexibility index (Phi) is 11.4. The van der Waals surface area contributed by atoms with Gasteiger partial charge in [0.1, 0.15) is 0 Å². The Morgan fingerprint density at radius 2 is 2.03 bits per heavy atom. The summed E-state index contributed by atoms with van der Waals surface area (Å²) >= 11 is 14.1. The molecule has 2 rings (SSSR count). The van der Waals surface area contributed by atoms with E-state index in [1.165, 1.54) is 18.9 Å². The number of carbonyl (C=O) groups excluding carboxylic acids is 2. The first kappa shape index (κ1) is 28.5. The van der Waals surface area contributed by atoms with Gasteiger partial charge in [-0.1, -0.05) is 47.1 Å². The predicted molar refractivity (Wildman–Crippen MR) is 136 cm³/mol. The summed E-state index contributed by atoms with van der Waals surface area (Å²) in [6.45, 7) is 4.02. The average Bonchev–Trinajstić information content (AvgIpc) is 2.84. The maximum Gasteiger partial charge on any atom is 0.336 e. The van der Waals surface area contributed by atoms with Crippen LogP contribution >= 0.6 is 35.0 Å². The molecule has 0 aromatic heterocycles. The van der Waals surface area contributed by atoms with E-state index in [1.807, 2.05) is 6.19 Å². The summed E-state index contributed by atoms with van der Waals surface area (Å²) in [7, 11) is 1.26. The summed E-state index contributed by atoms with van der Waals surface area (Å²) in [4.78, 5) is 30.2. The zero-order chi connectivity index (χ0) is 26.0. The van der Waals surface area contributed by atoms with Crippen molar-refractivity contribution in [1.82, 2.24) is 10.6 Å². The first-order valence-corrected chi connectivity index (χ1v) is 12.5. The van der Waals surface area contributed by atoms with Crippen LogP contribution in [0.15, 0.2) is 45.7 Å². The second-order valence-electron chi connectivity index (χ2n) is 7.02. The van der Waals surface area contributed by atoms with E-state index in [0.29, 0.717) is 28.7 Å². The smallest absolute Gasteiger partial charge is 0.336 e. The molecular weight excluding hydrogens is 515 g/mol. The van der Waals surface area contributed by atoms with E-state index in [0.717, 1.165) is 0 Å². The van der Waals surface area contributed by atoms with Crippen molar-refractivity contribution >= 4 is 52.1 Å². The van der Waals surface area contributed by atoms with E-state index in [-0.39, 0.29) is 41.0 Å². The van der Waals surface area contributed by atoms with Crippen LogP contribution in [0.5, 0.6) is 0 Å². The number of carbonyl (C=O) groups is 2. The number of aliphatic imine (C=N–C) groups is 1. The van der Waals surface area contributed by atoms with Crippen LogP contribution in [0.3, 0.4) is 0 Å². The fourth-order valence-corrected chi connectivity index (χ4v) is 4.27. The normalized spacial score (nSPS) is 15.9. The van der Waals surface area contributed by atoms with E-state index in [1.54, 1.807) is 38.3 Å². The molecule has 12 heteroatoms. The molecule has 9 nitrogen and oxygen atoms in total. The summed E-state index contributed by atoms with van der Waals surface area (Å²) in [5.74, 6) is -2.15. The van der Waals surface area contributed by atoms with Gasteiger partial charge in [-0.15, -0.1) is 0 Å². The van der Waals surface area contributed by atoms with Crippen molar-refractivity contribution in [3.8, 4) is 6.19 Å². The number of rotatable bonds is 9. The van der Waals surface area contributed by atoms with Crippen molar-refractivity contribution in [3.05, 3.63) is 56.3 Å². The second-order valence-corrected chi connectivity index (χ2v) is 8.60. The second kappa shape index (κ2) is 14.0. The van der Waals surface area contributed by atoms with E-state index in [2.05, 4.69) is 15.6 Å². The molecule has 0 saturated heterocycles. The standard InChI is InChI=1S/C23H26Cl2N4O5S/c1-5-34-22(31)19-16(11-33-10-9-27-23(35-4)28-12-26)29-13(2)17(21(30)32-3)18(19)14-7-6-8-15(24)20(14)25/h6-8,18,29H,5,9-11H2,1-4H3,(H,27,28). The van der Waals surface area contributed by atoms with Gasteiger partial charge in [-0.2, -0.15) is 5.26 Å². The fraction of sp³-hybridized carbons (Fsp3) is 0.391. The zero-order valence-electron chi connectivity index (χ0n) is 19.7. The SMILES string of the molecule is CCOC(=O)C1=C(COCCN=C(NC#N)SC)NC(C)=C(C(=O)OC)C1c1cccc(Cl)c1Cl. The highest BCUT2D eigenvalue weighted by atomic mass is 35.5. The molecule has 1 atom stereocenters. The molecule has 0 fully saturated rings. The molecule has 1 heterocycles. The minimum Gasteiger partial charge on any atom is -0.466 e. The molecule has 2 N–H and O–H groups in total. The number of methoxy groups -OCH3 is 1. The Morgan fingerprint density at radius 1 is 1.29 bits per heavy atom. The Labute approximate surface area is 218 Å². The van der Waals surface area contributed by atoms with E-state index in [9.17, 15) is 9.59 Å². The minimum atomic E-state index is -0.895. The number of hydrogen-bond acceptors (Lipinski definition) is 9. The van der Waals surface area contributed by atoms with Crippen LogP contribution < -0.4 is 10.6 Å². The number of halogens is 2. The first-order valence-electron chi connectivity index (χ1n) is 10.5. The van der Waals surface area contributed by atoms with Crippen LogP contribution in [-0.2, 0) is 23.8 Å². The first-order chi connectivity index (χ1) is 16.8. The number of allylic oxidation sites excluding steroid dienone is 1. The molecular formula is C23H26Cl2N4O5S. The van der Waals surface area contributed by atoms with Gasteiger partial charge in [0.25, 0.3) is 0 Å². The number of nitrogens with one attached hydrogen (secondary N) is 2. The maximum atomic E-state index is 13.2. The van der Waals surface area contributed by atoms with Gasteiger partial charge in [-0.3, -0.25) is 10.3 Å². The van der Waals surface area contributed by atoms with E-state index < -0.39 is 17.9 Å². The number of thioether (sulfide) groups is 1. The Bertz CT molecular complexity index is 1100. The summed E-state index contributed by atoms with van der Waals surface area (Å²) in [5.41, 5.74) is 1.73. The van der Waals surface area contributed by atoms with Gasteiger partial charge in [0.15, 0.2) is 11.4 Å². The Balaban J connectivity index is 2.49. The van der Waals surface area contributed by atoms with E-state index in [4.69, 9.17) is 42.7 Å². The average molecular weight is 541 g/mol. The molecule has 0 spiro atoms. The van der Waals surface area contributed by atoms with Crippen molar-refractivity contribution < 1.29 is 23.8 Å². The van der Waals surface area contributed by atoms with Crippen molar-refractivity contribution in [2.24, 2.45) is 4.99 Å². The lowest BCUT2D eigenvalue weighted by molar-refractivity contribution is -0.139. The highest BCUT2D eigenvalue weighted by Crippen LogP contribution is 2.43. The van der Waals surface area contributed by atoms with Crippen molar-refractivity contribution in [1.29, 1.82) is 5.26 Å². The Morgan fingerprint density at radius 3 is 2.66 bits per heavy atom. The molecule has 188 valence electrons. The van der Waals surface area contributed by atoms with Crippen LogP contribution in [0.2, 0.25) is 10.0 Å². The lowest BCUT2D eigenvalue weighted by Crippen LogP contribution is -2.35. The number of benzene rings is 1. The molecule has 0 amide bonds. The highest BCUT2D eigenvalue weighted by molar-refractivity contribution is 8.13. The van der Waals surface area contributed by atoms with Gasteiger partial charge < -0.3 is 19.5 Å². The van der Waals surface area contributed by atoms with Gasteiger partial charge in [0.05, 0.1) is 66.3 Å². The third kappa shape index (κ3) is 7.15. The minimum absolute atomic E-state index is 0.00439. The molecule has 1 aliphatic heterocycles. The highest BCUT2D eigenvalue weighted by Gasteiger charge is 2.40.